The van der Waals surface area contributed by atoms with Gasteiger partial charge in [0.1, 0.15) is 6.07 Å². The molecular formula is C15H12ClN3O2. The van der Waals surface area contributed by atoms with Crippen LogP contribution in [0.2, 0.25) is 5.02 Å². The van der Waals surface area contributed by atoms with Gasteiger partial charge in [0.15, 0.2) is 0 Å². The van der Waals surface area contributed by atoms with E-state index >= 15 is 0 Å². The maximum Gasteiger partial charge on any atom is 0.272 e. The summed E-state index contributed by atoms with van der Waals surface area (Å²) in [7, 11) is 0. The smallest absolute Gasteiger partial charge is 0.272 e. The quantitative estimate of drug-likeness (QED) is 0.682. The lowest BCUT2D eigenvalue weighted by atomic mass is 10.1. The summed E-state index contributed by atoms with van der Waals surface area (Å²) in [4.78, 5) is 10.5. The summed E-state index contributed by atoms with van der Waals surface area (Å²) in [6, 6.07) is 12.1. The first-order valence-corrected chi connectivity index (χ1v) is 6.56. The zero-order valence-corrected chi connectivity index (χ0v) is 12.0. The van der Waals surface area contributed by atoms with Crippen molar-refractivity contribution in [1.29, 1.82) is 5.26 Å². The highest BCUT2D eigenvalue weighted by Gasteiger charge is 2.10. The molecule has 6 heteroatoms. The second kappa shape index (κ2) is 6.25. The summed E-state index contributed by atoms with van der Waals surface area (Å²) in [6.45, 7) is 2.14. The average Bonchev–Trinajstić information content (AvgIpc) is 2.46. The molecule has 0 heterocycles. The molecule has 0 fully saturated rings. The Morgan fingerprint density at radius 1 is 1.33 bits per heavy atom. The topological polar surface area (TPSA) is 79.0 Å². The molecule has 2 aromatic rings. The van der Waals surface area contributed by atoms with Crippen molar-refractivity contribution in [3.8, 4) is 6.07 Å². The van der Waals surface area contributed by atoms with Crippen LogP contribution in [0.15, 0.2) is 36.4 Å². The number of aryl methyl sites for hydroxylation is 1. The van der Waals surface area contributed by atoms with Gasteiger partial charge >= 0.3 is 0 Å². The van der Waals surface area contributed by atoms with Crippen LogP contribution in [0.4, 0.5) is 11.4 Å². The molecule has 0 unspecified atom stereocenters. The third kappa shape index (κ3) is 3.50. The van der Waals surface area contributed by atoms with Crippen LogP contribution in [-0.2, 0) is 6.54 Å². The van der Waals surface area contributed by atoms with Gasteiger partial charge in [-0.3, -0.25) is 10.1 Å². The van der Waals surface area contributed by atoms with Crippen LogP contribution in [0.25, 0.3) is 0 Å². The molecule has 0 amide bonds. The van der Waals surface area contributed by atoms with Crippen LogP contribution in [0.5, 0.6) is 0 Å². The third-order valence-electron chi connectivity index (χ3n) is 3.06. The van der Waals surface area contributed by atoms with Crippen molar-refractivity contribution in [2.24, 2.45) is 0 Å². The van der Waals surface area contributed by atoms with Crippen molar-refractivity contribution in [3.63, 3.8) is 0 Å². The van der Waals surface area contributed by atoms with E-state index in [0.29, 0.717) is 22.7 Å². The van der Waals surface area contributed by atoms with E-state index in [9.17, 15) is 10.1 Å². The maximum absolute atomic E-state index is 10.9. The molecular weight excluding hydrogens is 290 g/mol. The maximum atomic E-state index is 10.9. The Balaban J connectivity index is 2.13. The Hall–Kier alpha value is -2.58. The molecule has 0 bridgehead atoms. The number of hydrogen-bond acceptors (Lipinski definition) is 4. The van der Waals surface area contributed by atoms with E-state index in [0.717, 1.165) is 11.3 Å². The minimum absolute atomic E-state index is 0.104. The van der Waals surface area contributed by atoms with Gasteiger partial charge in [0.2, 0.25) is 0 Å². The fraction of sp³-hybridized carbons (Fsp3) is 0.133. The van der Waals surface area contributed by atoms with Gasteiger partial charge in [-0.25, -0.2) is 0 Å². The first kappa shape index (κ1) is 14.8. The molecule has 0 atom stereocenters. The summed E-state index contributed by atoms with van der Waals surface area (Å²) < 4.78 is 0. The third-order valence-corrected chi connectivity index (χ3v) is 3.37. The van der Waals surface area contributed by atoms with Crippen molar-refractivity contribution >= 4 is 23.0 Å². The number of hydrogen-bond donors (Lipinski definition) is 1. The Bertz CT molecular complexity index is 738. The lowest BCUT2D eigenvalue weighted by molar-refractivity contribution is -0.385. The van der Waals surface area contributed by atoms with Gasteiger partial charge in [0.05, 0.1) is 15.5 Å². The Morgan fingerprint density at radius 3 is 2.71 bits per heavy atom. The fourth-order valence-corrected chi connectivity index (χ4v) is 2.10. The molecule has 1 N–H and O–H groups in total. The highest BCUT2D eigenvalue weighted by Crippen LogP contribution is 2.22. The van der Waals surface area contributed by atoms with Crippen LogP contribution in [-0.4, -0.2) is 4.92 Å². The number of nitriles is 1. The second-order valence-electron chi connectivity index (χ2n) is 4.54. The van der Waals surface area contributed by atoms with Gasteiger partial charge < -0.3 is 5.32 Å². The van der Waals surface area contributed by atoms with E-state index < -0.39 is 4.92 Å². The van der Waals surface area contributed by atoms with Crippen LogP contribution < -0.4 is 5.32 Å². The SMILES string of the molecule is Cc1ccc(CNc2ccc(C#N)c(Cl)c2)cc1[N+](=O)[O-]. The monoisotopic (exact) mass is 301 g/mol. The summed E-state index contributed by atoms with van der Waals surface area (Å²) in [5.41, 5.74) is 2.69. The molecule has 2 aromatic carbocycles. The molecule has 5 nitrogen and oxygen atoms in total. The number of nitrogens with zero attached hydrogens (tertiary/aromatic N) is 2. The molecule has 0 spiro atoms. The summed E-state index contributed by atoms with van der Waals surface area (Å²) >= 11 is 5.95. The van der Waals surface area contributed by atoms with Gasteiger partial charge in [-0.05, 0) is 30.7 Å². The summed E-state index contributed by atoms with van der Waals surface area (Å²) in [6.07, 6.45) is 0. The number of benzene rings is 2. The lowest BCUT2D eigenvalue weighted by Crippen LogP contribution is -2.01. The predicted molar refractivity (Wildman–Crippen MR) is 81.3 cm³/mol. The Kier molecular flexibility index (Phi) is 4.41. The molecule has 0 saturated carbocycles. The van der Waals surface area contributed by atoms with Crippen molar-refractivity contribution < 1.29 is 4.92 Å². The first-order valence-electron chi connectivity index (χ1n) is 6.18. The first-order chi connectivity index (χ1) is 10.0. The highest BCUT2D eigenvalue weighted by molar-refractivity contribution is 6.32. The van der Waals surface area contributed by atoms with E-state index in [1.807, 2.05) is 12.1 Å². The summed E-state index contributed by atoms with van der Waals surface area (Å²) in [5.74, 6) is 0. The molecule has 0 radical (unpaired) electrons. The number of halogens is 1. The molecule has 0 aromatic heterocycles. The van der Waals surface area contributed by atoms with Gasteiger partial charge in [0, 0.05) is 23.9 Å². The number of nitrogens with one attached hydrogen (secondary N) is 1. The lowest BCUT2D eigenvalue weighted by Gasteiger charge is -2.08. The van der Waals surface area contributed by atoms with E-state index in [-0.39, 0.29) is 5.69 Å². The van der Waals surface area contributed by atoms with Gasteiger partial charge in [-0.2, -0.15) is 5.26 Å². The number of anilines is 1. The van der Waals surface area contributed by atoms with Crippen LogP contribution in [0.3, 0.4) is 0 Å². The second-order valence-corrected chi connectivity index (χ2v) is 4.95. The number of rotatable bonds is 4. The van der Waals surface area contributed by atoms with Crippen molar-refractivity contribution in [2.45, 2.75) is 13.5 Å². The van der Waals surface area contributed by atoms with E-state index in [1.165, 1.54) is 0 Å². The van der Waals surface area contributed by atoms with E-state index in [4.69, 9.17) is 16.9 Å². The molecule has 0 aliphatic rings. The van der Waals surface area contributed by atoms with Crippen LogP contribution in [0.1, 0.15) is 16.7 Å². The van der Waals surface area contributed by atoms with Crippen LogP contribution in [0, 0.1) is 28.4 Å². The number of nitro benzene ring substituents is 1. The molecule has 106 valence electrons. The molecule has 21 heavy (non-hydrogen) atoms. The summed E-state index contributed by atoms with van der Waals surface area (Å²) in [5, 5.41) is 23.2. The van der Waals surface area contributed by atoms with Crippen molar-refractivity contribution in [2.75, 3.05) is 5.32 Å². The molecule has 2 rings (SSSR count). The Labute approximate surface area is 126 Å². The van der Waals surface area contributed by atoms with Gasteiger partial charge in [0.25, 0.3) is 5.69 Å². The van der Waals surface area contributed by atoms with Crippen molar-refractivity contribution in [1.82, 2.24) is 0 Å². The normalized spacial score (nSPS) is 9.95. The zero-order valence-electron chi connectivity index (χ0n) is 11.3. The van der Waals surface area contributed by atoms with Gasteiger partial charge in [-0.1, -0.05) is 23.7 Å². The van der Waals surface area contributed by atoms with Crippen LogP contribution >= 0.6 is 11.6 Å². The Morgan fingerprint density at radius 2 is 2.10 bits per heavy atom. The van der Waals surface area contributed by atoms with E-state index in [1.54, 1.807) is 37.3 Å². The largest absolute Gasteiger partial charge is 0.381 e. The number of nitro groups is 1. The molecule has 0 saturated heterocycles. The minimum atomic E-state index is -0.391. The molecule has 0 aliphatic heterocycles. The van der Waals surface area contributed by atoms with Gasteiger partial charge in [-0.15, -0.1) is 0 Å². The predicted octanol–water partition coefficient (Wildman–Crippen LogP) is 4.04. The highest BCUT2D eigenvalue weighted by atomic mass is 35.5. The zero-order chi connectivity index (χ0) is 15.4. The van der Waals surface area contributed by atoms with E-state index in [2.05, 4.69) is 5.32 Å². The molecule has 0 aliphatic carbocycles. The fourth-order valence-electron chi connectivity index (χ4n) is 1.88. The standard InChI is InChI=1S/C15H12ClN3O2/c1-10-2-3-11(6-15(10)19(20)21)9-18-13-5-4-12(8-17)14(16)7-13/h2-7,18H,9H2,1H3. The van der Waals surface area contributed by atoms with Crippen molar-refractivity contribution in [3.05, 3.63) is 68.2 Å². The average molecular weight is 302 g/mol. The minimum Gasteiger partial charge on any atom is -0.381 e.